The summed E-state index contributed by atoms with van der Waals surface area (Å²) in [6, 6.07) is 15.1. The number of para-hydroxylation sites is 1. The lowest BCUT2D eigenvalue weighted by Crippen LogP contribution is -2.15. The fourth-order valence-electron chi connectivity index (χ4n) is 2.10. The molecule has 2 rings (SSSR count). The molecule has 0 saturated carbocycles. The largest absolute Gasteiger partial charge is 0.496 e. The molecule has 0 spiro atoms. The van der Waals surface area contributed by atoms with Gasteiger partial charge in [0.2, 0.25) is 5.91 Å². The van der Waals surface area contributed by atoms with Crippen molar-refractivity contribution in [3.8, 4) is 5.75 Å². The number of hydrogen-bond acceptors (Lipinski definition) is 3. The van der Waals surface area contributed by atoms with Crippen LogP contribution in [0.15, 0.2) is 48.5 Å². The van der Waals surface area contributed by atoms with Crippen LogP contribution in [0.1, 0.15) is 24.1 Å². The van der Waals surface area contributed by atoms with Gasteiger partial charge in [0.05, 0.1) is 13.5 Å². The molecule has 4 nitrogen and oxygen atoms in total. The average Bonchev–Trinajstić information content (AvgIpc) is 2.48. The second-order valence-electron chi connectivity index (χ2n) is 4.95. The standard InChI is InChI=1S/C17H20N2O2/c1-12(18)13-7-9-15(10-8-13)19-17(20)11-14-5-3-4-6-16(14)21-2/h3-10,12H,11,18H2,1-2H3,(H,19,20). The zero-order valence-corrected chi connectivity index (χ0v) is 12.3. The molecule has 0 bridgehead atoms. The molecule has 0 aliphatic heterocycles. The van der Waals surface area contributed by atoms with Crippen LogP contribution in [-0.2, 0) is 11.2 Å². The van der Waals surface area contributed by atoms with Crippen LogP contribution in [0, 0.1) is 0 Å². The van der Waals surface area contributed by atoms with Gasteiger partial charge in [0.25, 0.3) is 0 Å². The molecule has 3 N–H and O–H groups in total. The predicted octanol–water partition coefficient (Wildman–Crippen LogP) is 2.90. The van der Waals surface area contributed by atoms with Gasteiger partial charge in [-0.2, -0.15) is 0 Å². The van der Waals surface area contributed by atoms with E-state index in [2.05, 4.69) is 5.32 Å². The summed E-state index contributed by atoms with van der Waals surface area (Å²) >= 11 is 0. The number of benzene rings is 2. The van der Waals surface area contributed by atoms with Crippen LogP contribution in [0.25, 0.3) is 0 Å². The molecule has 0 saturated heterocycles. The van der Waals surface area contributed by atoms with E-state index < -0.39 is 0 Å². The van der Waals surface area contributed by atoms with E-state index in [9.17, 15) is 4.79 Å². The van der Waals surface area contributed by atoms with Gasteiger partial charge in [0.1, 0.15) is 5.75 Å². The molecule has 1 amide bonds. The molecule has 110 valence electrons. The number of carbonyl (C=O) groups is 1. The van der Waals surface area contributed by atoms with E-state index in [1.54, 1.807) is 7.11 Å². The maximum atomic E-state index is 12.1. The Labute approximate surface area is 124 Å². The Hall–Kier alpha value is -2.33. The SMILES string of the molecule is COc1ccccc1CC(=O)Nc1ccc(C(C)N)cc1. The first kappa shape index (κ1) is 15.1. The van der Waals surface area contributed by atoms with Gasteiger partial charge < -0.3 is 15.8 Å². The van der Waals surface area contributed by atoms with E-state index >= 15 is 0 Å². The van der Waals surface area contributed by atoms with Gasteiger partial charge in [-0.25, -0.2) is 0 Å². The number of nitrogens with one attached hydrogen (secondary N) is 1. The van der Waals surface area contributed by atoms with Crippen molar-refractivity contribution < 1.29 is 9.53 Å². The van der Waals surface area contributed by atoms with Crippen molar-refractivity contribution in [1.29, 1.82) is 0 Å². The smallest absolute Gasteiger partial charge is 0.228 e. The second-order valence-corrected chi connectivity index (χ2v) is 4.95. The molecule has 2 aromatic carbocycles. The summed E-state index contributed by atoms with van der Waals surface area (Å²) < 4.78 is 5.24. The number of anilines is 1. The van der Waals surface area contributed by atoms with Crippen LogP contribution in [0.4, 0.5) is 5.69 Å². The topological polar surface area (TPSA) is 64.3 Å². The van der Waals surface area contributed by atoms with E-state index in [4.69, 9.17) is 10.5 Å². The summed E-state index contributed by atoms with van der Waals surface area (Å²) in [5, 5.41) is 2.87. The molecule has 2 aromatic rings. The Bertz CT molecular complexity index is 606. The van der Waals surface area contributed by atoms with E-state index in [1.807, 2.05) is 55.5 Å². The molecule has 1 atom stereocenters. The van der Waals surface area contributed by atoms with Crippen LogP contribution in [0.5, 0.6) is 5.75 Å². The minimum Gasteiger partial charge on any atom is -0.496 e. The number of carbonyl (C=O) groups excluding carboxylic acids is 1. The highest BCUT2D eigenvalue weighted by atomic mass is 16.5. The maximum Gasteiger partial charge on any atom is 0.228 e. The molecule has 0 aromatic heterocycles. The third-order valence-corrected chi connectivity index (χ3v) is 3.26. The molecule has 0 heterocycles. The van der Waals surface area contributed by atoms with Crippen LogP contribution >= 0.6 is 0 Å². The molecular formula is C17H20N2O2. The lowest BCUT2D eigenvalue weighted by atomic mass is 10.1. The molecule has 0 aliphatic carbocycles. The van der Waals surface area contributed by atoms with Crippen LogP contribution in [0.3, 0.4) is 0 Å². The van der Waals surface area contributed by atoms with Crippen molar-refractivity contribution in [3.63, 3.8) is 0 Å². The molecule has 1 unspecified atom stereocenters. The lowest BCUT2D eigenvalue weighted by molar-refractivity contribution is -0.115. The summed E-state index contributed by atoms with van der Waals surface area (Å²) in [6.45, 7) is 1.93. The number of rotatable bonds is 5. The molecule has 0 radical (unpaired) electrons. The fraction of sp³-hybridized carbons (Fsp3) is 0.235. The zero-order valence-electron chi connectivity index (χ0n) is 12.3. The molecular weight excluding hydrogens is 264 g/mol. The Kier molecular flexibility index (Phi) is 4.95. The summed E-state index contributed by atoms with van der Waals surface area (Å²) in [6.07, 6.45) is 0.277. The first-order valence-electron chi connectivity index (χ1n) is 6.87. The second kappa shape index (κ2) is 6.90. The summed E-state index contributed by atoms with van der Waals surface area (Å²) in [5.41, 5.74) is 8.47. The lowest BCUT2D eigenvalue weighted by Gasteiger charge is -2.10. The monoisotopic (exact) mass is 284 g/mol. The zero-order chi connectivity index (χ0) is 15.2. The van der Waals surface area contributed by atoms with Gasteiger partial charge in [-0.15, -0.1) is 0 Å². The highest BCUT2D eigenvalue weighted by molar-refractivity contribution is 5.92. The van der Waals surface area contributed by atoms with Gasteiger partial charge in [-0.3, -0.25) is 4.79 Å². The number of methoxy groups -OCH3 is 1. The number of ether oxygens (including phenoxy) is 1. The van der Waals surface area contributed by atoms with Crippen LogP contribution in [0.2, 0.25) is 0 Å². The van der Waals surface area contributed by atoms with Gasteiger partial charge in [-0.05, 0) is 30.7 Å². The van der Waals surface area contributed by atoms with Crippen LogP contribution in [-0.4, -0.2) is 13.0 Å². The van der Waals surface area contributed by atoms with Crippen molar-refractivity contribution in [3.05, 3.63) is 59.7 Å². The number of amides is 1. The Morgan fingerprint density at radius 3 is 2.48 bits per heavy atom. The van der Waals surface area contributed by atoms with Crippen molar-refractivity contribution >= 4 is 11.6 Å². The number of nitrogens with two attached hydrogens (primary N) is 1. The van der Waals surface area contributed by atoms with E-state index in [0.29, 0.717) is 0 Å². The third kappa shape index (κ3) is 4.07. The van der Waals surface area contributed by atoms with Gasteiger partial charge in [0.15, 0.2) is 0 Å². The van der Waals surface area contributed by atoms with Gasteiger partial charge >= 0.3 is 0 Å². The van der Waals surface area contributed by atoms with Crippen molar-refractivity contribution in [2.24, 2.45) is 5.73 Å². The van der Waals surface area contributed by atoms with E-state index in [1.165, 1.54) is 0 Å². The normalized spacial score (nSPS) is 11.8. The first-order valence-corrected chi connectivity index (χ1v) is 6.87. The predicted molar refractivity (Wildman–Crippen MR) is 84.4 cm³/mol. The summed E-state index contributed by atoms with van der Waals surface area (Å²) in [7, 11) is 1.60. The van der Waals surface area contributed by atoms with Crippen molar-refractivity contribution in [2.45, 2.75) is 19.4 Å². The Morgan fingerprint density at radius 1 is 1.19 bits per heavy atom. The van der Waals surface area contributed by atoms with E-state index in [-0.39, 0.29) is 18.4 Å². The Morgan fingerprint density at radius 2 is 1.86 bits per heavy atom. The minimum absolute atomic E-state index is 0.0108. The third-order valence-electron chi connectivity index (χ3n) is 3.26. The van der Waals surface area contributed by atoms with E-state index in [0.717, 1.165) is 22.6 Å². The molecule has 0 aliphatic rings. The van der Waals surface area contributed by atoms with Gasteiger partial charge in [0, 0.05) is 17.3 Å². The fourth-order valence-corrected chi connectivity index (χ4v) is 2.10. The highest BCUT2D eigenvalue weighted by Gasteiger charge is 2.08. The van der Waals surface area contributed by atoms with Crippen LogP contribution < -0.4 is 15.8 Å². The molecule has 4 heteroatoms. The maximum absolute atomic E-state index is 12.1. The van der Waals surface area contributed by atoms with Crippen molar-refractivity contribution in [2.75, 3.05) is 12.4 Å². The number of hydrogen-bond donors (Lipinski definition) is 2. The first-order chi connectivity index (χ1) is 10.1. The summed E-state index contributed by atoms with van der Waals surface area (Å²) in [5.74, 6) is 0.646. The minimum atomic E-state index is -0.0759. The molecule has 0 fully saturated rings. The average molecular weight is 284 g/mol. The quantitative estimate of drug-likeness (QED) is 0.887. The van der Waals surface area contributed by atoms with Crippen molar-refractivity contribution in [1.82, 2.24) is 0 Å². The Balaban J connectivity index is 2.01. The van der Waals surface area contributed by atoms with Gasteiger partial charge in [-0.1, -0.05) is 30.3 Å². The highest BCUT2D eigenvalue weighted by Crippen LogP contribution is 2.19. The summed E-state index contributed by atoms with van der Waals surface area (Å²) in [4.78, 5) is 12.1. The molecule has 21 heavy (non-hydrogen) atoms.